The fourth-order valence-corrected chi connectivity index (χ4v) is 2.38. The van der Waals surface area contributed by atoms with Gasteiger partial charge in [-0.1, -0.05) is 0 Å². The van der Waals surface area contributed by atoms with Gasteiger partial charge in [-0.3, -0.25) is 4.57 Å². The SMILES string of the molecule is Nc1nc(Cl)nc2c1ncn2[C@@H]1O[C@H](CO)C(O)C1O.O. The number of ether oxygens (including phenoxy) is 1. The lowest BCUT2D eigenvalue weighted by Gasteiger charge is -2.16. The zero-order valence-corrected chi connectivity index (χ0v) is 11.3. The van der Waals surface area contributed by atoms with E-state index in [2.05, 4.69) is 15.0 Å². The summed E-state index contributed by atoms with van der Waals surface area (Å²) in [7, 11) is 0. The maximum Gasteiger partial charge on any atom is 0.226 e. The van der Waals surface area contributed by atoms with Crippen LogP contribution in [0.15, 0.2) is 6.33 Å². The molecule has 1 aliphatic heterocycles. The second-order valence-electron chi connectivity index (χ2n) is 4.43. The lowest BCUT2D eigenvalue weighted by Crippen LogP contribution is -2.33. The molecule has 0 aliphatic carbocycles. The average Bonchev–Trinajstić information content (AvgIpc) is 2.93. The molecule has 1 aliphatic rings. The number of hydrogen-bond acceptors (Lipinski definition) is 8. The van der Waals surface area contributed by atoms with E-state index in [0.717, 1.165) is 0 Å². The highest BCUT2D eigenvalue weighted by Crippen LogP contribution is 2.32. The number of hydrogen-bond donors (Lipinski definition) is 4. The number of halogens is 1. The fraction of sp³-hybridized carbons (Fsp3) is 0.500. The summed E-state index contributed by atoms with van der Waals surface area (Å²) in [6.45, 7) is -0.417. The molecule has 2 aromatic heterocycles. The maximum absolute atomic E-state index is 9.99. The number of nitrogens with zero attached hydrogens (tertiary/aromatic N) is 4. The average molecular weight is 320 g/mol. The predicted octanol–water partition coefficient (Wildman–Crippen LogP) is -2.15. The minimum absolute atomic E-state index is 0. The Morgan fingerprint density at radius 2 is 2.05 bits per heavy atom. The Balaban J connectivity index is 0.00000161. The molecular weight excluding hydrogens is 306 g/mol. The van der Waals surface area contributed by atoms with Gasteiger partial charge in [0.05, 0.1) is 12.9 Å². The topological polar surface area (TPSA) is 171 Å². The molecule has 4 atom stereocenters. The van der Waals surface area contributed by atoms with E-state index >= 15 is 0 Å². The fourth-order valence-electron chi connectivity index (χ4n) is 2.21. The number of imidazole rings is 1. The minimum atomic E-state index is -1.24. The molecule has 1 saturated heterocycles. The summed E-state index contributed by atoms with van der Waals surface area (Å²) >= 11 is 5.74. The number of aliphatic hydroxyl groups excluding tert-OH is 3. The zero-order valence-electron chi connectivity index (χ0n) is 10.6. The molecule has 10 nitrogen and oxygen atoms in total. The van der Waals surface area contributed by atoms with Gasteiger partial charge in [-0.05, 0) is 11.6 Å². The predicted molar refractivity (Wildman–Crippen MR) is 71.4 cm³/mol. The molecule has 0 bridgehead atoms. The van der Waals surface area contributed by atoms with E-state index in [1.54, 1.807) is 0 Å². The van der Waals surface area contributed by atoms with Gasteiger partial charge in [0.15, 0.2) is 17.7 Å². The summed E-state index contributed by atoms with van der Waals surface area (Å²) in [4.78, 5) is 11.8. The molecule has 0 spiro atoms. The van der Waals surface area contributed by atoms with Crippen molar-refractivity contribution in [2.75, 3.05) is 12.3 Å². The minimum Gasteiger partial charge on any atom is -0.412 e. The van der Waals surface area contributed by atoms with Gasteiger partial charge in [0.25, 0.3) is 0 Å². The van der Waals surface area contributed by atoms with Crippen LogP contribution in [0.4, 0.5) is 5.82 Å². The van der Waals surface area contributed by atoms with Crippen molar-refractivity contribution in [1.29, 1.82) is 0 Å². The van der Waals surface area contributed by atoms with Gasteiger partial charge < -0.3 is 31.3 Å². The number of aromatic nitrogens is 4. The lowest BCUT2D eigenvalue weighted by atomic mass is 10.1. The van der Waals surface area contributed by atoms with Crippen LogP contribution in [0.2, 0.25) is 5.28 Å². The van der Waals surface area contributed by atoms with E-state index in [1.807, 2.05) is 0 Å². The van der Waals surface area contributed by atoms with Crippen LogP contribution in [0.3, 0.4) is 0 Å². The molecule has 2 aromatic rings. The summed E-state index contributed by atoms with van der Waals surface area (Å²) in [5, 5.41) is 28.8. The molecule has 116 valence electrons. The van der Waals surface area contributed by atoms with Gasteiger partial charge in [0.2, 0.25) is 5.28 Å². The second kappa shape index (κ2) is 5.67. The van der Waals surface area contributed by atoms with Crippen molar-refractivity contribution in [3.8, 4) is 0 Å². The summed E-state index contributed by atoms with van der Waals surface area (Å²) in [6.07, 6.45) is -2.93. The Morgan fingerprint density at radius 1 is 1.33 bits per heavy atom. The highest BCUT2D eigenvalue weighted by Gasteiger charge is 2.44. The first-order chi connectivity index (χ1) is 9.52. The molecule has 2 unspecified atom stereocenters. The quantitative estimate of drug-likeness (QED) is 0.453. The van der Waals surface area contributed by atoms with Crippen molar-refractivity contribution in [3.05, 3.63) is 11.6 Å². The largest absolute Gasteiger partial charge is 0.412 e. The number of nitrogen functional groups attached to an aromatic ring is 1. The summed E-state index contributed by atoms with van der Waals surface area (Å²) in [6, 6.07) is 0. The summed E-state index contributed by atoms with van der Waals surface area (Å²) < 4.78 is 6.79. The molecule has 21 heavy (non-hydrogen) atoms. The number of fused-ring (bicyclic) bond motifs is 1. The van der Waals surface area contributed by atoms with Crippen LogP contribution in [0, 0.1) is 0 Å². The molecule has 0 saturated carbocycles. The van der Waals surface area contributed by atoms with Crippen molar-refractivity contribution in [1.82, 2.24) is 19.5 Å². The normalized spacial score (nSPS) is 28.8. The molecule has 0 amide bonds. The third-order valence-corrected chi connectivity index (χ3v) is 3.38. The molecule has 0 aromatic carbocycles. The van der Waals surface area contributed by atoms with Gasteiger partial charge in [0, 0.05) is 0 Å². The highest BCUT2D eigenvalue weighted by molar-refractivity contribution is 6.28. The Kier molecular flexibility index (Phi) is 4.27. The highest BCUT2D eigenvalue weighted by atomic mass is 35.5. The Bertz CT molecular complexity index is 652. The van der Waals surface area contributed by atoms with E-state index in [4.69, 9.17) is 27.2 Å². The molecule has 11 heteroatoms. The number of rotatable bonds is 2. The van der Waals surface area contributed by atoms with Crippen molar-refractivity contribution in [3.63, 3.8) is 0 Å². The van der Waals surface area contributed by atoms with Crippen molar-refractivity contribution in [2.24, 2.45) is 0 Å². The first kappa shape index (κ1) is 15.8. The van der Waals surface area contributed by atoms with E-state index in [0.29, 0.717) is 5.52 Å². The summed E-state index contributed by atoms with van der Waals surface area (Å²) in [5.74, 6) is 0.102. The van der Waals surface area contributed by atoms with Crippen LogP contribution < -0.4 is 5.73 Å². The second-order valence-corrected chi connectivity index (χ2v) is 4.77. The molecule has 3 rings (SSSR count). The van der Waals surface area contributed by atoms with Crippen LogP contribution >= 0.6 is 11.6 Å². The van der Waals surface area contributed by atoms with Crippen LogP contribution in [0.1, 0.15) is 6.23 Å². The molecule has 0 radical (unpaired) electrons. The van der Waals surface area contributed by atoms with Crippen LogP contribution in [0.25, 0.3) is 11.2 Å². The van der Waals surface area contributed by atoms with E-state index in [-0.39, 0.29) is 22.2 Å². The third-order valence-electron chi connectivity index (χ3n) is 3.21. The zero-order chi connectivity index (χ0) is 14.4. The molecule has 7 N–H and O–H groups in total. The smallest absolute Gasteiger partial charge is 0.226 e. The van der Waals surface area contributed by atoms with Crippen molar-refractivity contribution in [2.45, 2.75) is 24.5 Å². The maximum atomic E-state index is 9.99. The molecule has 1 fully saturated rings. The first-order valence-electron chi connectivity index (χ1n) is 5.81. The van der Waals surface area contributed by atoms with E-state index in [9.17, 15) is 10.2 Å². The number of aliphatic hydroxyl groups is 3. The van der Waals surface area contributed by atoms with Crippen LogP contribution in [-0.2, 0) is 4.74 Å². The first-order valence-corrected chi connectivity index (χ1v) is 6.18. The Morgan fingerprint density at radius 3 is 2.67 bits per heavy atom. The van der Waals surface area contributed by atoms with Crippen LogP contribution in [-0.4, -0.2) is 65.2 Å². The lowest BCUT2D eigenvalue weighted by molar-refractivity contribution is -0.0511. The van der Waals surface area contributed by atoms with Crippen molar-refractivity contribution >= 4 is 28.6 Å². The number of anilines is 1. The molecular formula is C10H14ClN5O5. The number of nitrogens with two attached hydrogens (primary N) is 1. The van der Waals surface area contributed by atoms with Crippen molar-refractivity contribution < 1.29 is 25.5 Å². The monoisotopic (exact) mass is 319 g/mol. The van der Waals surface area contributed by atoms with Gasteiger partial charge >= 0.3 is 0 Å². The Hall–Kier alpha value is -1.56. The van der Waals surface area contributed by atoms with Gasteiger partial charge in [-0.25, -0.2) is 4.98 Å². The van der Waals surface area contributed by atoms with E-state index < -0.39 is 31.1 Å². The van der Waals surface area contributed by atoms with Gasteiger partial charge in [-0.15, -0.1) is 0 Å². The van der Waals surface area contributed by atoms with Crippen LogP contribution in [0.5, 0.6) is 0 Å². The standard InChI is InChI=1S/C10H12ClN5O4.H2O/c11-10-14-7(12)4-8(15-10)16(2-13-4)9-6(19)5(18)3(1-17)20-9;/h2-3,5-6,9,17-19H,1H2,(H2,12,14,15);1H2/t3-,5?,6?,9-;/m1./s1. The van der Waals surface area contributed by atoms with E-state index in [1.165, 1.54) is 10.9 Å². The third kappa shape index (κ3) is 2.41. The van der Waals surface area contributed by atoms with Gasteiger partial charge in [-0.2, -0.15) is 9.97 Å². The summed E-state index contributed by atoms with van der Waals surface area (Å²) in [5.41, 5.74) is 6.27. The Labute approximate surface area is 123 Å². The molecule has 3 heterocycles. The van der Waals surface area contributed by atoms with Gasteiger partial charge in [0.1, 0.15) is 23.8 Å².